The second-order valence-electron chi connectivity index (χ2n) is 10.00. The number of aliphatic hydroxyl groups excluding tert-OH is 1. The summed E-state index contributed by atoms with van der Waals surface area (Å²) in [6.07, 6.45) is 7.28. The maximum absolute atomic E-state index is 12.9. The average molecular weight is 417 g/mol. The van der Waals surface area contributed by atoms with E-state index in [-0.39, 0.29) is 17.8 Å². The molecule has 5 atom stereocenters. The molecule has 30 heavy (non-hydrogen) atoms. The van der Waals surface area contributed by atoms with Gasteiger partial charge in [-0.15, -0.1) is 0 Å². The molecule has 1 aliphatic heterocycles. The first kappa shape index (κ1) is 22.8. The number of carbonyl (C=O) groups excluding carboxylic acids is 1. The number of hydrogen-bond donors (Lipinski definition) is 2. The van der Waals surface area contributed by atoms with Gasteiger partial charge in [0.05, 0.1) is 11.0 Å². The van der Waals surface area contributed by atoms with Crippen molar-refractivity contribution in [1.29, 1.82) is 0 Å². The lowest BCUT2D eigenvalue weighted by Gasteiger charge is -2.47. The number of esters is 1. The van der Waals surface area contributed by atoms with E-state index in [1.54, 1.807) is 0 Å². The molecule has 0 radical (unpaired) electrons. The van der Waals surface area contributed by atoms with Crippen molar-refractivity contribution in [3.05, 3.63) is 34.4 Å². The van der Waals surface area contributed by atoms with E-state index in [0.29, 0.717) is 24.3 Å². The summed E-state index contributed by atoms with van der Waals surface area (Å²) in [6, 6.07) is 0. The van der Waals surface area contributed by atoms with E-state index in [4.69, 9.17) is 4.74 Å². The highest BCUT2D eigenvalue weighted by Gasteiger charge is 2.53. The van der Waals surface area contributed by atoms with Crippen LogP contribution in [-0.2, 0) is 14.3 Å². The lowest BCUT2D eigenvalue weighted by molar-refractivity contribution is -0.226. The van der Waals surface area contributed by atoms with Gasteiger partial charge in [-0.2, -0.15) is 0 Å². The van der Waals surface area contributed by atoms with Crippen LogP contribution in [0.3, 0.4) is 0 Å². The molecule has 0 unspecified atom stereocenters. The van der Waals surface area contributed by atoms with E-state index in [2.05, 4.69) is 19.9 Å². The summed E-state index contributed by atoms with van der Waals surface area (Å²) in [6.45, 7) is 10.2. The van der Waals surface area contributed by atoms with Crippen LogP contribution in [0.5, 0.6) is 0 Å². The molecule has 1 fully saturated rings. The largest absolute Gasteiger partial charge is 0.478 e. The number of fused-ring (bicyclic) bond motifs is 1. The van der Waals surface area contributed by atoms with Crippen molar-refractivity contribution in [2.24, 2.45) is 29.1 Å². The fourth-order valence-electron chi connectivity index (χ4n) is 5.65. The Kier molecular flexibility index (Phi) is 6.61. The van der Waals surface area contributed by atoms with Crippen LogP contribution in [0.15, 0.2) is 34.4 Å². The zero-order chi connectivity index (χ0) is 22.2. The summed E-state index contributed by atoms with van der Waals surface area (Å²) >= 11 is 0. The molecule has 0 saturated carbocycles. The Labute approximate surface area is 179 Å². The predicted molar refractivity (Wildman–Crippen MR) is 115 cm³/mol. The quantitative estimate of drug-likeness (QED) is 0.488. The lowest BCUT2D eigenvalue weighted by Crippen LogP contribution is -2.53. The molecular formula is C25H36O5. The molecule has 3 aliphatic rings. The van der Waals surface area contributed by atoms with Gasteiger partial charge in [-0.1, -0.05) is 44.1 Å². The van der Waals surface area contributed by atoms with E-state index in [1.165, 1.54) is 11.1 Å². The Morgan fingerprint density at radius 2 is 1.93 bits per heavy atom. The Morgan fingerprint density at radius 3 is 2.57 bits per heavy atom. The standard InChI is InChI=1S/C25H36O5/c1-14(2)21-20-11-10-19(22(26)27)18-9-7-16(4)17(18)8-6-15(3)12-13-25(20,5)24(29)30-23(21)28/h10,12,14,16,20-21,23,28H,6-9,11,13H2,1-5H3,(H,26,27)/t16-,20+,21+,23+,25-/m0/s1. The van der Waals surface area contributed by atoms with Crippen LogP contribution in [0, 0.1) is 29.1 Å². The van der Waals surface area contributed by atoms with Crippen molar-refractivity contribution in [1.82, 2.24) is 0 Å². The SMILES string of the molecule is CC1=CC[C@]2(C)C(=O)O[C@@H](O)[C@H](C(C)C)[C@H]2CC=C(C(=O)O)C2=C(CC1)[C@@H](C)CC2. The van der Waals surface area contributed by atoms with Crippen molar-refractivity contribution >= 4 is 11.9 Å². The highest BCUT2D eigenvalue weighted by atomic mass is 16.6. The van der Waals surface area contributed by atoms with Gasteiger partial charge >= 0.3 is 11.9 Å². The summed E-state index contributed by atoms with van der Waals surface area (Å²) in [5, 5.41) is 20.6. The molecule has 166 valence electrons. The summed E-state index contributed by atoms with van der Waals surface area (Å²) in [4.78, 5) is 25.1. The van der Waals surface area contributed by atoms with E-state index in [1.807, 2.05) is 26.8 Å². The van der Waals surface area contributed by atoms with Gasteiger partial charge < -0.3 is 14.9 Å². The van der Waals surface area contributed by atoms with Gasteiger partial charge in [0, 0.05) is 5.92 Å². The number of aliphatic carboxylic acids is 1. The number of allylic oxidation sites excluding steroid dienone is 4. The van der Waals surface area contributed by atoms with Crippen molar-refractivity contribution in [2.75, 3.05) is 0 Å². The number of ether oxygens (including phenoxy) is 1. The Balaban J connectivity index is 2.14. The van der Waals surface area contributed by atoms with Gasteiger partial charge in [-0.25, -0.2) is 4.79 Å². The maximum Gasteiger partial charge on any atom is 0.335 e. The summed E-state index contributed by atoms with van der Waals surface area (Å²) in [5.41, 5.74) is 3.04. The van der Waals surface area contributed by atoms with Gasteiger partial charge in [0.15, 0.2) is 0 Å². The van der Waals surface area contributed by atoms with E-state index < -0.39 is 23.6 Å². The topological polar surface area (TPSA) is 83.8 Å². The monoisotopic (exact) mass is 416 g/mol. The molecule has 3 rings (SSSR count). The van der Waals surface area contributed by atoms with Gasteiger partial charge in [-0.3, -0.25) is 4.79 Å². The molecule has 0 amide bonds. The predicted octanol–water partition coefficient (Wildman–Crippen LogP) is 5.01. The van der Waals surface area contributed by atoms with Crippen molar-refractivity contribution in [3.8, 4) is 0 Å². The van der Waals surface area contributed by atoms with Crippen LogP contribution < -0.4 is 0 Å². The van der Waals surface area contributed by atoms with Gasteiger partial charge in [0.1, 0.15) is 0 Å². The van der Waals surface area contributed by atoms with Crippen LogP contribution in [0.2, 0.25) is 0 Å². The van der Waals surface area contributed by atoms with E-state index in [9.17, 15) is 19.8 Å². The van der Waals surface area contributed by atoms with Gasteiger partial charge in [0.2, 0.25) is 6.29 Å². The van der Waals surface area contributed by atoms with Crippen LogP contribution >= 0.6 is 0 Å². The minimum absolute atomic E-state index is 0.0957. The van der Waals surface area contributed by atoms with Crippen molar-refractivity contribution < 1.29 is 24.5 Å². The highest BCUT2D eigenvalue weighted by molar-refractivity contribution is 5.92. The Bertz CT molecular complexity index is 802. The van der Waals surface area contributed by atoms with Gasteiger partial charge in [-0.05, 0) is 75.7 Å². The molecule has 5 heteroatoms. The molecule has 0 aromatic carbocycles. The molecule has 0 aromatic rings. The highest BCUT2D eigenvalue weighted by Crippen LogP contribution is 2.49. The molecule has 0 aromatic heterocycles. The third-order valence-corrected chi connectivity index (χ3v) is 7.68. The van der Waals surface area contributed by atoms with Crippen LogP contribution in [0.25, 0.3) is 0 Å². The number of rotatable bonds is 2. The Hall–Kier alpha value is -1.88. The number of cyclic esters (lactones) is 1. The molecule has 1 saturated heterocycles. The van der Waals surface area contributed by atoms with E-state index in [0.717, 1.165) is 31.3 Å². The third-order valence-electron chi connectivity index (χ3n) is 7.68. The molecule has 0 spiro atoms. The maximum atomic E-state index is 12.9. The summed E-state index contributed by atoms with van der Waals surface area (Å²) < 4.78 is 5.39. The molecular weight excluding hydrogens is 380 g/mol. The first-order valence-electron chi connectivity index (χ1n) is 11.3. The first-order valence-corrected chi connectivity index (χ1v) is 11.3. The van der Waals surface area contributed by atoms with E-state index >= 15 is 0 Å². The fourth-order valence-corrected chi connectivity index (χ4v) is 5.65. The lowest BCUT2D eigenvalue weighted by atomic mass is 9.62. The number of aliphatic hydroxyl groups is 1. The second-order valence-corrected chi connectivity index (χ2v) is 10.00. The third kappa shape index (κ3) is 4.14. The second kappa shape index (κ2) is 8.70. The van der Waals surface area contributed by atoms with Crippen LogP contribution in [-0.4, -0.2) is 28.4 Å². The molecule has 2 N–H and O–H groups in total. The minimum atomic E-state index is -1.16. The number of carbonyl (C=O) groups is 2. The molecule has 0 bridgehead atoms. The fraction of sp³-hybridized carbons (Fsp3) is 0.680. The molecule has 5 nitrogen and oxygen atoms in total. The van der Waals surface area contributed by atoms with Gasteiger partial charge in [0.25, 0.3) is 0 Å². The number of carboxylic acid groups (broad SMARTS) is 1. The molecule has 2 aliphatic carbocycles. The van der Waals surface area contributed by atoms with Crippen molar-refractivity contribution in [2.45, 2.75) is 79.4 Å². The minimum Gasteiger partial charge on any atom is -0.478 e. The zero-order valence-electron chi connectivity index (χ0n) is 18.9. The average Bonchev–Trinajstić information content (AvgIpc) is 3.01. The normalized spacial score (nSPS) is 35.5. The molecule has 1 heterocycles. The Morgan fingerprint density at radius 1 is 1.23 bits per heavy atom. The van der Waals surface area contributed by atoms with Crippen molar-refractivity contribution in [3.63, 3.8) is 0 Å². The first-order chi connectivity index (χ1) is 14.1. The van der Waals surface area contributed by atoms with Crippen LogP contribution in [0.4, 0.5) is 0 Å². The zero-order valence-corrected chi connectivity index (χ0v) is 18.9. The number of carboxylic acids is 1. The smallest absolute Gasteiger partial charge is 0.335 e. The number of hydrogen-bond acceptors (Lipinski definition) is 4. The summed E-state index contributed by atoms with van der Waals surface area (Å²) in [5.74, 6) is -1.24. The summed E-state index contributed by atoms with van der Waals surface area (Å²) in [7, 11) is 0. The van der Waals surface area contributed by atoms with Crippen LogP contribution in [0.1, 0.15) is 73.1 Å².